The molecule has 1 N–H and O–H groups in total. The highest BCUT2D eigenvalue weighted by atomic mass is 19.1. The first kappa shape index (κ1) is 12.4. The van der Waals surface area contributed by atoms with E-state index in [1.165, 1.54) is 18.2 Å². The third kappa shape index (κ3) is 2.84. The average molecular weight is 259 g/mol. The van der Waals surface area contributed by atoms with Crippen LogP contribution in [0, 0.1) is 5.82 Å². The van der Waals surface area contributed by atoms with Crippen LogP contribution in [0.15, 0.2) is 36.5 Å². The summed E-state index contributed by atoms with van der Waals surface area (Å²) in [6.45, 7) is 2.70. The summed E-state index contributed by atoms with van der Waals surface area (Å²) >= 11 is 0. The summed E-state index contributed by atoms with van der Waals surface area (Å²) in [6.07, 6.45) is 4.12. The number of benzene rings is 1. The minimum Gasteiger partial charge on any atom is -0.298 e. The molecule has 0 aliphatic carbocycles. The minimum atomic E-state index is -0.105. The van der Waals surface area contributed by atoms with Gasteiger partial charge in [0.2, 0.25) is 0 Å². The van der Waals surface area contributed by atoms with E-state index in [-0.39, 0.29) is 5.82 Å². The molecule has 3 rings (SSSR count). The fraction of sp³-hybridized carbons (Fsp3) is 0.400. The van der Waals surface area contributed by atoms with Crippen LogP contribution in [-0.2, 0) is 6.54 Å². The zero-order chi connectivity index (χ0) is 13.1. The highest BCUT2D eigenvalue weighted by Crippen LogP contribution is 2.26. The molecule has 1 aliphatic rings. The smallest absolute Gasteiger partial charge is 0.127 e. The molecule has 1 aromatic heterocycles. The maximum Gasteiger partial charge on any atom is 0.127 e. The predicted molar refractivity (Wildman–Crippen MR) is 72.2 cm³/mol. The van der Waals surface area contributed by atoms with Crippen molar-refractivity contribution >= 4 is 0 Å². The maximum atomic E-state index is 13.7. The van der Waals surface area contributed by atoms with Crippen molar-refractivity contribution in [1.29, 1.82) is 0 Å². The third-order valence-electron chi connectivity index (χ3n) is 3.82. The minimum absolute atomic E-state index is 0.105. The molecule has 2 aromatic rings. The lowest BCUT2D eigenvalue weighted by Crippen LogP contribution is -2.34. The van der Waals surface area contributed by atoms with E-state index in [1.807, 2.05) is 18.2 Å². The molecule has 1 atom stereocenters. The number of rotatable bonds is 3. The number of aromatic nitrogens is 2. The first-order valence-corrected chi connectivity index (χ1v) is 6.78. The van der Waals surface area contributed by atoms with Gasteiger partial charge in [-0.15, -0.1) is 0 Å². The lowest BCUT2D eigenvalue weighted by Gasteiger charge is -2.32. The molecule has 0 unspecified atom stereocenters. The van der Waals surface area contributed by atoms with Crippen LogP contribution in [0.25, 0.3) is 0 Å². The van der Waals surface area contributed by atoms with Crippen molar-refractivity contribution in [3.8, 4) is 0 Å². The molecule has 100 valence electrons. The second kappa shape index (κ2) is 5.53. The molecule has 3 nitrogen and oxygen atoms in total. The van der Waals surface area contributed by atoms with Crippen molar-refractivity contribution in [2.24, 2.45) is 0 Å². The van der Waals surface area contributed by atoms with Gasteiger partial charge in [0.15, 0.2) is 0 Å². The van der Waals surface area contributed by atoms with Crippen molar-refractivity contribution in [2.45, 2.75) is 25.3 Å². The normalized spacial score (nSPS) is 20.6. The second-order valence-electron chi connectivity index (χ2n) is 5.18. The number of hydrogen-bond donors (Lipinski definition) is 1. The Labute approximate surface area is 112 Å². The SMILES string of the molecule is Fc1ccccc1CN1CCC[C@H](c2ccn[nH]2)C1. The van der Waals surface area contributed by atoms with Crippen LogP contribution in [0.1, 0.15) is 30.0 Å². The van der Waals surface area contributed by atoms with Gasteiger partial charge in [-0.3, -0.25) is 10.00 Å². The Hall–Kier alpha value is -1.68. The van der Waals surface area contributed by atoms with E-state index in [9.17, 15) is 4.39 Å². The van der Waals surface area contributed by atoms with Gasteiger partial charge < -0.3 is 0 Å². The first-order chi connectivity index (χ1) is 9.33. The summed E-state index contributed by atoms with van der Waals surface area (Å²) < 4.78 is 13.7. The average Bonchev–Trinajstić information content (AvgIpc) is 2.96. The molecule has 1 aliphatic heterocycles. The maximum absolute atomic E-state index is 13.7. The second-order valence-corrected chi connectivity index (χ2v) is 5.18. The Kier molecular flexibility index (Phi) is 3.60. The van der Waals surface area contributed by atoms with Gasteiger partial charge in [0.25, 0.3) is 0 Å². The van der Waals surface area contributed by atoms with Gasteiger partial charge in [-0.05, 0) is 31.5 Å². The van der Waals surface area contributed by atoms with Gasteiger partial charge >= 0.3 is 0 Å². The Morgan fingerprint density at radius 2 is 2.21 bits per heavy atom. The van der Waals surface area contributed by atoms with E-state index in [4.69, 9.17) is 0 Å². The molecule has 19 heavy (non-hydrogen) atoms. The number of nitrogens with zero attached hydrogens (tertiary/aromatic N) is 2. The summed E-state index contributed by atoms with van der Waals surface area (Å²) in [4.78, 5) is 2.33. The number of nitrogens with one attached hydrogen (secondary N) is 1. The molecular formula is C15H18FN3. The molecule has 1 aromatic carbocycles. The number of piperidine rings is 1. The van der Waals surface area contributed by atoms with Gasteiger partial charge in [0.1, 0.15) is 5.82 Å². The fourth-order valence-corrected chi connectivity index (χ4v) is 2.81. The van der Waals surface area contributed by atoms with Crippen molar-refractivity contribution in [2.75, 3.05) is 13.1 Å². The topological polar surface area (TPSA) is 31.9 Å². The van der Waals surface area contributed by atoms with Gasteiger partial charge in [-0.1, -0.05) is 18.2 Å². The lowest BCUT2D eigenvalue weighted by molar-refractivity contribution is 0.196. The highest BCUT2D eigenvalue weighted by Gasteiger charge is 2.22. The largest absolute Gasteiger partial charge is 0.298 e. The van der Waals surface area contributed by atoms with Crippen molar-refractivity contribution in [3.05, 3.63) is 53.6 Å². The van der Waals surface area contributed by atoms with Gasteiger partial charge in [-0.2, -0.15) is 5.10 Å². The molecule has 0 bridgehead atoms. The van der Waals surface area contributed by atoms with Gasteiger partial charge in [-0.25, -0.2) is 4.39 Å². The number of H-pyrrole nitrogens is 1. The van der Waals surface area contributed by atoms with E-state index in [2.05, 4.69) is 15.1 Å². The predicted octanol–water partition coefficient (Wildman–Crippen LogP) is 2.93. The van der Waals surface area contributed by atoms with Gasteiger partial charge in [0, 0.05) is 36.5 Å². The Balaban J connectivity index is 1.67. The summed E-state index contributed by atoms with van der Waals surface area (Å²) in [5.41, 5.74) is 1.98. The van der Waals surface area contributed by atoms with Crippen molar-refractivity contribution < 1.29 is 4.39 Å². The summed E-state index contributed by atoms with van der Waals surface area (Å²) in [7, 11) is 0. The number of hydrogen-bond acceptors (Lipinski definition) is 2. The molecular weight excluding hydrogens is 241 g/mol. The molecule has 0 spiro atoms. The number of halogens is 1. The zero-order valence-corrected chi connectivity index (χ0v) is 10.8. The van der Waals surface area contributed by atoms with Crippen LogP contribution in [-0.4, -0.2) is 28.2 Å². The Morgan fingerprint density at radius 3 is 3.00 bits per heavy atom. The van der Waals surface area contributed by atoms with E-state index in [1.54, 1.807) is 12.3 Å². The van der Waals surface area contributed by atoms with Crippen LogP contribution < -0.4 is 0 Å². The monoisotopic (exact) mass is 259 g/mol. The van der Waals surface area contributed by atoms with Crippen LogP contribution in [0.3, 0.4) is 0 Å². The lowest BCUT2D eigenvalue weighted by atomic mass is 9.94. The van der Waals surface area contributed by atoms with Crippen molar-refractivity contribution in [1.82, 2.24) is 15.1 Å². The fourth-order valence-electron chi connectivity index (χ4n) is 2.81. The van der Waals surface area contributed by atoms with Gasteiger partial charge in [0.05, 0.1) is 0 Å². The van der Waals surface area contributed by atoms with Crippen molar-refractivity contribution in [3.63, 3.8) is 0 Å². The van der Waals surface area contributed by atoms with Crippen LogP contribution in [0.5, 0.6) is 0 Å². The quantitative estimate of drug-likeness (QED) is 0.919. The highest BCUT2D eigenvalue weighted by molar-refractivity contribution is 5.17. The number of likely N-dealkylation sites (tertiary alicyclic amines) is 1. The van der Waals surface area contributed by atoms with E-state index >= 15 is 0 Å². The summed E-state index contributed by atoms with van der Waals surface area (Å²) in [6, 6.07) is 9.08. The summed E-state index contributed by atoms with van der Waals surface area (Å²) in [5, 5.41) is 7.07. The molecule has 4 heteroatoms. The van der Waals surface area contributed by atoms with Crippen LogP contribution in [0.4, 0.5) is 4.39 Å². The third-order valence-corrected chi connectivity index (χ3v) is 3.82. The molecule has 0 radical (unpaired) electrons. The molecule has 2 heterocycles. The van der Waals surface area contributed by atoms with E-state index < -0.39 is 0 Å². The number of aromatic amines is 1. The zero-order valence-electron chi connectivity index (χ0n) is 10.8. The first-order valence-electron chi connectivity index (χ1n) is 6.78. The summed E-state index contributed by atoms with van der Waals surface area (Å²) in [5.74, 6) is 0.384. The standard InChI is InChI=1S/C15H18FN3/c16-14-6-2-1-4-12(14)10-19-9-3-5-13(11-19)15-7-8-17-18-15/h1-2,4,6-8,13H,3,5,9-11H2,(H,17,18)/t13-/m0/s1. The van der Waals surface area contributed by atoms with Crippen LogP contribution >= 0.6 is 0 Å². The molecule has 1 saturated heterocycles. The van der Waals surface area contributed by atoms with Crippen LogP contribution in [0.2, 0.25) is 0 Å². The molecule has 0 saturated carbocycles. The molecule has 0 amide bonds. The Morgan fingerprint density at radius 1 is 1.32 bits per heavy atom. The van der Waals surface area contributed by atoms with E-state index in [0.29, 0.717) is 12.5 Å². The van der Waals surface area contributed by atoms with E-state index in [0.717, 1.165) is 25.1 Å². The Bertz CT molecular complexity index is 524. The molecule has 1 fully saturated rings.